The van der Waals surface area contributed by atoms with Crippen molar-refractivity contribution < 1.29 is 14.6 Å². The van der Waals surface area contributed by atoms with Gasteiger partial charge < -0.3 is 19.7 Å². The van der Waals surface area contributed by atoms with Crippen molar-refractivity contribution in [3.05, 3.63) is 18.2 Å². The quantitative estimate of drug-likeness (QED) is 0.777. The fourth-order valence-corrected chi connectivity index (χ4v) is 1.38. The van der Waals surface area contributed by atoms with Crippen molar-refractivity contribution >= 4 is 6.09 Å². The average molecular weight is 255 g/mol. The van der Waals surface area contributed by atoms with Gasteiger partial charge in [-0.1, -0.05) is 0 Å². The summed E-state index contributed by atoms with van der Waals surface area (Å²) in [5.41, 5.74) is 0.180. The van der Waals surface area contributed by atoms with Crippen LogP contribution in [0.25, 0.3) is 0 Å². The highest BCUT2D eigenvalue weighted by atomic mass is 16.6. The van der Waals surface area contributed by atoms with E-state index >= 15 is 0 Å². The van der Waals surface area contributed by atoms with Gasteiger partial charge in [0.2, 0.25) is 0 Å². The number of ether oxygens (including phenoxy) is 1. The van der Waals surface area contributed by atoms with Crippen molar-refractivity contribution in [2.24, 2.45) is 0 Å². The molecule has 0 fully saturated rings. The molecule has 0 bridgehead atoms. The predicted octanol–water partition coefficient (Wildman–Crippen LogP) is 1.29. The first kappa shape index (κ1) is 14.5. The first-order valence-corrected chi connectivity index (χ1v) is 5.99. The monoisotopic (exact) mass is 255 g/mol. The summed E-state index contributed by atoms with van der Waals surface area (Å²) in [6, 6.07) is 0. The molecule has 0 spiro atoms. The van der Waals surface area contributed by atoms with Crippen LogP contribution in [0.3, 0.4) is 0 Å². The van der Waals surface area contributed by atoms with Crippen LogP contribution >= 0.6 is 0 Å². The molecule has 1 heterocycles. The van der Waals surface area contributed by atoms with E-state index < -0.39 is 11.7 Å². The summed E-state index contributed by atoms with van der Waals surface area (Å²) in [7, 11) is 0. The molecule has 1 aromatic rings. The number of alkyl carbamates (subject to hydrolysis) is 1. The zero-order valence-corrected chi connectivity index (χ0v) is 11.1. The number of nitrogens with zero attached hydrogens (tertiary/aromatic N) is 2. The van der Waals surface area contributed by atoms with Crippen molar-refractivity contribution in [3.63, 3.8) is 0 Å². The second-order valence-corrected chi connectivity index (χ2v) is 5.04. The first-order chi connectivity index (χ1) is 8.40. The SMILES string of the molecule is CC(C)(C)OC(=O)NCCCn1cnc(CO)c1. The second-order valence-electron chi connectivity index (χ2n) is 5.04. The van der Waals surface area contributed by atoms with Crippen molar-refractivity contribution in [3.8, 4) is 0 Å². The highest BCUT2D eigenvalue weighted by molar-refractivity contribution is 5.67. The number of nitrogens with one attached hydrogen (secondary N) is 1. The van der Waals surface area contributed by atoms with E-state index in [9.17, 15) is 4.79 Å². The number of carbonyl (C=O) groups excluding carboxylic acids is 1. The Morgan fingerprint density at radius 3 is 2.83 bits per heavy atom. The summed E-state index contributed by atoms with van der Waals surface area (Å²) in [5.74, 6) is 0. The van der Waals surface area contributed by atoms with Crippen LogP contribution in [0, 0.1) is 0 Å². The summed E-state index contributed by atoms with van der Waals surface area (Å²) >= 11 is 0. The molecule has 0 radical (unpaired) electrons. The molecular formula is C12H21N3O3. The van der Waals surface area contributed by atoms with Crippen LogP contribution in [0.15, 0.2) is 12.5 Å². The third kappa shape index (κ3) is 5.67. The van der Waals surface area contributed by atoms with Gasteiger partial charge in [-0.15, -0.1) is 0 Å². The highest BCUT2D eigenvalue weighted by Gasteiger charge is 2.15. The van der Waals surface area contributed by atoms with Gasteiger partial charge in [-0.3, -0.25) is 0 Å². The Labute approximate surface area is 107 Å². The highest BCUT2D eigenvalue weighted by Crippen LogP contribution is 2.06. The standard InChI is InChI=1S/C12H21N3O3/c1-12(2,3)18-11(17)13-5-4-6-15-7-10(8-16)14-9-15/h7,9,16H,4-6,8H2,1-3H3,(H,13,17). The summed E-state index contributed by atoms with van der Waals surface area (Å²) in [6.45, 7) is 6.71. The Kier molecular flexibility index (Phi) is 5.15. The minimum absolute atomic E-state index is 0.0524. The third-order valence-corrected chi connectivity index (χ3v) is 2.11. The molecule has 18 heavy (non-hydrogen) atoms. The number of hydrogen-bond donors (Lipinski definition) is 2. The number of aliphatic hydroxyl groups excluding tert-OH is 1. The molecule has 1 amide bonds. The van der Waals surface area contributed by atoms with Gasteiger partial charge in [0.15, 0.2) is 0 Å². The smallest absolute Gasteiger partial charge is 0.407 e. The van der Waals surface area contributed by atoms with Crippen LogP contribution in [0.2, 0.25) is 0 Å². The largest absolute Gasteiger partial charge is 0.444 e. The van der Waals surface area contributed by atoms with Gasteiger partial charge in [0.1, 0.15) is 5.60 Å². The molecule has 0 unspecified atom stereocenters. The lowest BCUT2D eigenvalue weighted by atomic mass is 10.2. The van der Waals surface area contributed by atoms with Gasteiger partial charge in [-0.05, 0) is 27.2 Å². The fraction of sp³-hybridized carbons (Fsp3) is 0.667. The zero-order chi connectivity index (χ0) is 13.6. The van der Waals surface area contributed by atoms with Crippen LogP contribution in [-0.2, 0) is 17.9 Å². The van der Waals surface area contributed by atoms with Crippen LogP contribution in [0.4, 0.5) is 4.79 Å². The van der Waals surface area contributed by atoms with Gasteiger partial charge >= 0.3 is 6.09 Å². The van der Waals surface area contributed by atoms with Crippen LogP contribution in [0.1, 0.15) is 32.9 Å². The van der Waals surface area contributed by atoms with Gasteiger partial charge in [0.05, 0.1) is 18.6 Å². The summed E-state index contributed by atoms with van der Waals surface area (Å²) in [5, 5.41) is 11.5. The molecule has 0 saturated heterocycles. The molecule has 0 aliphatic carbocycles. The first-order valence-electron chi connectivity index (χ1n) is 5.99. The molecular weight excluding hydrogens is 234 g/mol. The van der Waals surface area contributed by atoms with Crippen molar-refractivity contribution in [2.45, 2.75) is 45.9 Å². The molecule has 0 aromatic carbocycles. The van der Waals surface area contributed by atoms with E-state index in [2.05, 4.69) is 10.3 Å². The average Bonchev–Trinajstić information content (AvgIpc) is 2.70. The Morgan fingerprint density at radius 1 is 1.56 bits per heavy atom. The zero-order valence-electron chi connectivity index (χ0n) is 11.1. The third-order valence-electron chi connectivity index (χ3n) is 2.11. The number of aliphatic hydroxyl groups is 1. The lowest BCUT2D eigenvalue weighted by Gasteiger charge is -2.19. The van der Waals surface area contributed by atoms with Crippen LogP contribution < -0.4 is 5.32 Å². The molecule has 1 rings (SSSR count). The molecule has 0 aliphatic heterocycles. The van der Waals surface area contributed by atoms with Gasteiger partial charge in [0.25, 0.3) is 0 Å². The Balaban J connectivity index is 2.17. The molecule has 2 N–H and O–H groups in total. The Bertz CT molecular complexity index is 382. The minimum atomic E-state index is -0.468. The molecule has 1 aromatic heterocycles. The molecule has 0 atom stereocenters. The summed E-state index contributed by atoms with van der Waals surface area (Å²) in [6.07, 6.45) is 3.83. The predicted molar refractivity (Wildman–Crippen MR) is 67.0 cm³/mol. The van der Waals surface area contributed by atoms with Gasteiger partial charge in [0, 0.05) is 19.3 Å². The molecule has 6 nitrogen and oxygen atoms in total. The maximum atomic E-state index is 11.3. The van der Waals surface area contributed by atoms with Crippen LogP contribution in [0.5, 0.6) is 0 Å². The summed E-state index contributed by atoms with van der Waals surface area (Å²) in [4.78, 5) is 15.3. The number of carbonyl (C=O) groups is 1. The van der Waals surface area contributed by atoms with E-state index in [0.29, 0.717) is 12.2 Å². The molecule has 6 heteroatoms. The number of aryl methyl sites for hydroxylation is 1. The van der Waals surface area contributed by atoms with E-state index in [0.717, 1.165) is 13.0 Å². The van der Waals surface area contributed by atoms with Crippen molar-refractivity contribution in [1.82, 2.24) is 14.9 Å². The number of amides is 1. The Morgan fingerprint density at radius 2 is 2.28 bits per heavy atom. The maximum absolute atomic E-state index is 11.3. The second kappa shape index (κ2) is 6.39. The van der Waals surface area contributed by atoms with E-state index in [1.165, 1.54) is 0 Å². The topological polar surface area (TPSA) is 76.4 Å². The van der Waals surface area contributed by atoms with Crippen molar-refractivity contribution in [1.29, 1.82) is 0 Å². The summed E-state index contributed by atoms with van der Waals surface area (Å²) < 4.78 is 6.99. The number of aromatic nitrogens is 2. The molecule has 102 valence electrons. The normalized spacial score (nSPS) is 11.3. The lowest BCUT2D eigenvalue weighted by Crippen LogP contribution is -2.33. The Hall–Kier alpha value is -1.56. The van der Waals surface area contributed by atoms with Gasteiger partial charge in [-0.2, -0.15) is 0 Å². The van der Waals surface area contributed by atoms with Crippen molar-refractivity contribution in [2.75, 3.05) is 6.54 Å². The fourth-order valence-electron chi connectivity index (χ4n) is 1.38. The lowest BCUT2D eigenvalue weighted by molar-refractivity contribution is 0.0526. The van der Waals surface area contributed by atoms with E-state index in [1.54, 1.807) is 12.5 Å². The van der Waals surface area contributed by atoms with Crippen LogP contribution in [-0.4, -0.2) is 32.9 Å². The maximum Gasteiger partial charge on any atom is 0.407 e. The minimum Gasteiger partial charge on any atom is -0.444 e. The number of hydrogen-bond acceptors (Lipinski definition) is 4. The van der Waals surface area contributed by atoms with E-state index in [4.69, 9.17) is 9.84 Å². The van der Waals surface area contributed by atoms with E-state index in [1.807, 2.05) is 25.3 Å². The van der Waals surface area contributed by atoms with E-state index in [-0.39, 0.29) is 6.61 Å². The molecule has 0 aliphatic rings. The van der Waals surface area contributed by atoms with Gasteiger partial charge in [-0.25, -0.2) is 9.78 Å². The number of imidazole rings is 1. The molecule has 0 saturated carbocycles. The number of rotatable bonds is 5.